The lowest BCUT2D eigenvalue weighted by molar-refractivity contribution is 0.462. The highest BCUT2D eigenvalue weighted by atomic mass is 35.5. The summed E-state index contributed by atoms with van der Waals surface area (Å²) in [4.78, 5) is 0. The van der Waals surface area contributed by atoms with Gasteiger partial charge in [0, 0.05) is 11.1 Å². The number of benzene rings is 1. The van der Waals surface area contributed by atoms with Gasteiger partial charge in [0.05, 0.1) is 6.20 Å². The zero-order chi connectivity index (χ0) is 14.8. The van der Waals surface area contributed by atoms with Crippen LogP contribution in [-0.4, -0.2) is 18.6 Å². The Bertz CT molecular complexity index is 651. The van der Waals surface area contributed by atoms with Crippen LogP contribution < -0.4 is 4.72 Å². The summed E-state index contributed by atoms with van der Waals surface area (Å²) in [6.07, 6.45) is 1.40. The molecule has 0 spiro atoms. The van der Waals surface area contributed by atoms with Crippen LogP contribution in [-0.2, 0) is 10.0 Å². The molecule has 0 aliphatic heterocycles. The third-order valence-corrected chi connectivity index (χ3v) is 4.57. The number of hydrogen-bond donors (Lipinski definition) is 2. The van der Waals surface area contributed by atoms with Gasteiger partial charge in [0.25, 0.3) is 10.0 Å². The lowest BCUT2D eigenvalue weighted by Gasteiger charge is -2.22. The van der Waals surface area contributed by atoms with Crippen molar-refractivity contribution in [2.24, 2.45) is 5.92 Å². The van der Waals surface area contributed by atoms with Crippen molar-refractivity contribution < 1.29 is 8.42 Å². The fraction of sp³-hybridized carbons (Fsp3) is 0.308. The molecule has 0 bridgehead atoms. The predicted molar refractivity (Wildman–Crippen MR) is 77.9 cm³/mol. The number of hydrogen-bond acceptors (Lipinski definition) is 3. The van der Waals surface area contributed by atoms with Crippen molar-refractivity contribution in [3.05, 3.63) is 47.1 Å². The topological polar surface area (TPSA) is 74.8 Å². The van der Waals surface area contributed by atoms with Crippen LogP contribution in [0.4, 0.5) is 0 Å². The second-order valence-corrected chi connectivity index (χ2v) is 6.93. The molecule has 1 heterocycles. The number of H-pyrrole nitrogens is 1. The van der Waals surface area contributed by atoms with Crippen molar-refractivity contribution in [1.29, 1.82) is 0 Å². The van der Waals surface area contributed by atoms with Gasteiger partial charge in [0.1, 0.15) is 0 Å². The molecule has 0 fully saturated rings. The van der Waals surface area contributed by atoms with Crippen LogP contribution in [0.1, 0.15) is 25.5 Å². The van der Waals surface area contributed by atoms with E-state index in [1.165, 1.54) is 12.3 Å². The molecule has 5 nitrogen and oxygen atoms in total. The minimum Gasteiger partial charge on any atom is -0.266 e. The molecule has 0 radical (unpaired) electrons. The summed E-state index contributed by atoms with van der Waals surface area (Å²) in [5.74, 6) is 0.0915. The first-order chi connectivity index (χ1) is 9.40. The van der Waals surface area contributed by atoms with Crippen molar-refractivity contribution in [3.63, 3.8) is 0 Å². The molecular weight excluding hydrogens is 298 g/mol. The first kappa shape index (κ1) is 15.0. The van der Waals surface area contributed by atoms with Gasteiger partial charge < -0.3 is 0 Å². The molecule has 2 N–H and O–H groups in total. The second kappa shape index (κ2) is 5.95. The van der Waals surface area contributed by atoms with Gasteiger partial charge in [-0.1, -0.05) is 37.6 Å². The van der Waals surface area contributed by atoms with Gasteiger partial charge in [-0.15, -0.1) is 0 Å². The highest BCUT2D eigenvalue weighted by Crippen LogP contribution is 2.25. The summed E-state index contributed by atoms with van der Waals surface area (Å²) in [5, 5.41) is 6.80. The van der Waals surface area contributed by atoms with Gasteiger partial charge in [0.2, 0.25) is 0 Å². The molecule has 0 amide bonds. The summed E-state index contributed by atoms with van der Waals surface area (Å²) in [5.41, 5.74) is 0.868. The number of sulfonamides is 1. The molecule has 0 aliphatic carbocycles. The molecule has 2 aromatic rings. The van der Waals surface area contributed by atoms with Crippen LogP contribution >= 0.6 is 11.6 Å². The SMILES string of the molecule is CC(C)C(NS(=O)(=O)c1ccn[nH]1)c1ccc(Cl)cc1. The van der Waals surface area contributed by atoms with E-state index in [9.17, 15) is 8.42 Å². The van der Waals surface area contributed by atoms with Crippen molar-refractivity contribution in [2.45, 2.75) is 24.9 Å². The molecule has 108 valence electrons. The van der Waals surface area contributed by atoms with E-state index in [1.807, 2.05) is 26.0 Å². The van der Waals surface area contributed by atoms with E-state index in [0.29, 0.717) is 5.02 Å². The molecular formula is C13H16ClN3O2S. The Labute approximate surface area is 123 Å². The molecule has 1 aromatic carbocycles. The van der Waals surface area contributed by atoms with Crippen LogP contribution in [0.5, 0.6) is 0 Å². The van der Waals surface area contributed by atoms with Gasteiger partial charge in [-0.05, 0) is 29.7 Å². The Morgan fingerprint density at radius 3 is 2.35 bits per heavy atom. The van der Waals surface area contributed by atoms with E-state index in [4.69, 9.17) is 11.6 Å². The highest BCUT2D eigenvalue weighted by molar-refractivity contribution is 7.89. The van der Waals surface area contributed by atoms with Crippen LogP contribution in [0.3, 0.4) is 0 Å². The van der Waals surface area contributed by atoms with Crippen LogP contribution in [0.2, 0.25) is 5.02 Å². The van der Waals surface area contributed by atoms with Crippen LogP contribution in [0, 0.1) is 5.92 Å². The fourth-order valence-corrected chi connectivity index (χ4v) is 3.29. The zero-order valence-electron chi connectivity index (χ0n) is 11.2. The second-order valence-electron chi connectivity index (χ2n) is 4.82. The summed E-state index contributed by atoms with van der Waals surface area (Å²) >= 11 is 5.86. The summed E-state index contributed by atoms with van der Waals surface area (Å²) in [7, 11) is -3.62. The normalized spacial score (nSPS) is 13.6. The number of halogens is 1. The minimum absolute atomic E-state index is 0.0529. The van der Waals surface area contributed by atoms with Gasteiger partial charge in [0.15, 0.2) is 5.03 Å². The first-order valence-electron chi connectivity index (χ1n) is 6.17. The third-order valence-electron chi connectivity index (χ3n) is 2.94. The Hall–Kier alpha value is -1.37. The Balaban J connectivity index is 2.29. The molecule has 1 aromatic heterocycles. The molecule has 1 atom stereocenters. The van der Waals surface area contributed by atoms with Crippen molar-refractivity contribution in [1.82, 2.24) is 14.9 Å². The van der Waals surface area contributed by atoms with Gasteiger partial charge >= 0.3 is 0 Å². The summed E-state index contributed by atoms with van der Waals surface area (Å²) < 4.78 is 27.2. The smallest absolute Gasteiger partial charge is 0.258 e. The van der Waals surface area contributed by atoms with Gasteiger partial charge in [-0.25, -0.2) is 13.1 Å². The molecule has 20 heavy (non-hydrogen) atoms. The van der Waals surface area contributed by atoms with E-state index in [1.54, 1.807) is 12.1 Å². The molecule has 0 aliphatic rings. The Morgan fingerprint density at radius 1 is 1.20 bits per heavy atom. The van der Waals surface area contributed by atoms with Crippen molar-refractivity contribution in [2.75, 3.05) is 0 Å². The monoisotopic (exact) mass is 313 g/mol. The number of aromatic nitrogens is 2. The van der Waals surface area contributed by atoms with Crippen LogP contribution in [0.25, 0.3) is 0 Å². The number of aromatic amines is 1. The van der Waals surface area contributed by atoms with Gasteiger partial charge in [-0.2, -0.15) is 5.10 Å². The number of nitrogens with one attached hydrogen (secondary N) is 2. The van der Waals surface area contributed by atoms with Gasteiger partial charge in [-0.3, -0.25) is 5.10 Å². The standard InChI is InChI=1S/C13H16ClN3O2S/c1-9(2)13(10-3-5-11(14)6-4-10)17-20(18,19)12-7-8-15-16-12/h3-9,13,17H,1-2H3,(H,15,16). The maximum absolute atomic E-state index is 12.2. The quantitative estimate of drug-likeness (QED) is 0.891. The molecule has 0 saturated heterocycles. The maximum Gasteiger partial charge on any atom is 0.258 e. The van der Waals surface area contributed by atoms with E-state index < -0.39 is 10.0 Å². The van der Waals surface area contributed by atoms with Crippen LogP contribution in [0.15, 0.2) is 41.6 Å². The summed E-state index contributed by atoms with van der Waals surface area (Å²) in [6.45, 7) is 3.91. The van der Waals surface area contributed by atoms with E-state index in [2.05, 4.69) is 14.9 Å². The largest absolute Gasteiger partial charge is 0.266 e. The Morgan fingerprint density at radius 2 is 1.85 bits per heavy atom. The fourth-order valence-electron chi connectivity index (χ4n) is 1.88. The van der Waals surface area contributed by atoms with Crippen molar-refractivity contribution in [3.8, 4) is 0 Å². The molecule has 0 saturated carbocycles. The number of rotatable bonds is 5. The Kier molecular flexibility index (Phi) is 4.47. The molecule has 1 unspecified atom stereocenters. The number of nitrogens with zero attached hydrogens (tertiary/aromatic N) is 1. The van der Waals surface area contributed by atoms with E-state index in [0.717, 1.165) is 5.56 Å². The van der Waals surface area contributed by atoms with Crippen molar-refractivity contribution >= 4 is 21.6 Å². The van der Waals surface area contributed by atoms with E-state index in [-0.39, 0.29) is 17.0 Å². The average Bonchev–Trinajstić information content (AvgIpc) is 2.91. The summed E-state index contributed by atoms with van der Waals surface area (Å²) in [6, 6.07) is 8.22. The lowest BCUT2D eigenvalue weighted by Crippen LogP contribution is -2.32. The zero-order valence-corrected chi connectivity index (χ0v) is 12.7. The predicted octanol–water partition coefficient (Wildman–Crippen LogP) is 2.74. The minimum atomic E-state index is -3.62. The third kappa shape index (κ3) is 3.39. The lowest BCUT2D eigenvalue weighted by atomic mass is 9.97. The van der Waals surface area contributed by atoms with E-state index >= 15 is 0 Å². The highest BCUT2D eigenvalue weighted by Gasteiger charge is 2.24. The maximum atomic E-state index is 12.2. The molecule has 2 rings (SSSR count). The first-order valence-corrected chi connectivity index (χ1v) is 8.03. The molecule has 7 heteroatoms. The average molecular weight is 314 g/mol.